The van der Waals surface area contributed by atoms with Crippen LogP contribution in [-0.2, 0) is 6.54 Å². The van der Waals surface area contributed by atoms with E-state index in [0.29, 0.717) is 11.6 Å². The second-order valence-electron chi connectivity index (χ2n) is 6.95. The van der Waals surface area contributed by atoms with E-state index in [0.717, 1.165) is 37.2 Å². The average molecular weight is 338 g/mol. The normalized spacial score (nSPS) is 24.6. The van der Waals surface area contributed by atoms with Crippen LogP contribution in [0.4, 0.5) is 10.5 Å². The van der Waals surface area contributed by atoms with Gasteiger partial charge in [-0.2, -0.15) is 0 Å². The highest BCUT2D eigenvalue weighted by molar-refractivity contribution is 5.82. The number of carboxylic acid groups (broad SMARTS) is 1. The Morgan fingerprint density at radius 1 is 1.12 bits per heavy atom. The van der Waals surface area contributed by atoms with Crippen LogP contribution in [0.25, 0.3) is 0 Å². The van der Waals surface area contributed by atoms with Crippen molar-refractivity contribution in [3.05, 3.63) is 59.7 Å². The van der Waals surface area contributed by atoms with E-state index in [1.54, 1.807) is 7.11 Å². The van der Waals surface area contributed by atoms with Crippen molar-refractivity contribution in [3.63, 3.8) is 0 Å². The molecule has 1 amide bonds. The van der Waals surface area contributed by atoms with Gasteiger partial charge in [0.1, 0.15) is 5.75 Å². The molecule has 2 aliphatic rings. The summed E-state index contributed by atoms with van der Waals surface area (Å²) in [5.41, 5.74) is 3.28. The van der Waals surface area contributed by atoms with E-state index in [-0.39, 0.29) is 0 Å². The summed E-state index contributed by atoms with van der Waals surface area (Å²) in [4.78, 5) is 13.2. The molecule has 1 unspecified atom stereocenters. The number of hydrogen-bond acceptors (Lipinski definition) is 3. The zero-order valence-electron chi connectivity index (χ0n) is 14.2. The maximum absolute atomic E-state index is 10.7. The molecule has 0 aromatic heterocycles. The lowest BCUT2D eigenvalue weighted by atomic mass is 10.1. The highest BCUT2D eigenvalue weighted by Crippen LogP contribution is 2.58. The summed E-state index contributed by atoms with van der Waals surface area (Å²) < 4.78 is 5.21. The van der Waals surface area contributed by atoms with E-state index in [2.05, 4.69) is 34.5 Å². The van der Waals surface area contributed by atoms with Gasteiger partial charge in [0.2, 0.25) is 0 Å². The van der Waals surface area contributed by atoms with Gasteiger partial charge in [-0.25, -0.2) is 4.79 Å². The van der Waals surface area contributed by atoms with Crippen molar-refractivity contribution in [2.24, 2.45) is 11.8 Å². The summed E-state index contributed by atoms with van der Waals surface area (Å²) in [5, 5.41) is 11.1. The van der Waals surface area contributed by atoms with Gasteiger partial charge in [0, 0.05) is 25.3 Å². The van der Waals surface area contributed by atoms with Crippen LogP contribution >= 0.6 is 0 Å². The number of amides is 1. The highest BCUT2D eigenvalue weighted by atomic mass is 16.5. The van der Waals surface area contributed by atoms with Crippen LogP contribution in [0.3, 0.4) is 0 Å². The number of benzene rings is 2. The van der Waals surface area contributed by atoms with Crippen molar-refractivity contribution >= 4 is 11.8 Å². The van der Waals surface area contributed by atoms with Crippen LogP contribution in [-0.4, -0.2) is 36.3 Å². The number of piperidine rings is 1. The van der Waals surface area contributed by atoms with Gasteiger partial charge in [-0.15, -0.1) is 0 Å². The Labute approximate surface area is 147 Å². The smallest absolute Gasteiger partial charge is 0.409 e. The first kappa shape index (κ1) is 16.0. The summed E-state index contributed by atoms with van der Waals surface area (Å²) in [7, 11) is 1.69. The first-order valence-electron chi connectivity index (χ1n) is 8.59. The topological polar surface area (TPSA) is 61.8 Å². The van der Waals surface area contributed by atoms with Gasteiger partial charge in [0.25, 0.3) is 0 Å². The first-order valence-corrected chi connectivity index (χ1v) is 8.59. The van der Waals surface area contributed by atoms with E-state index in [1.807, 2.05) is 24.3 Å². The number of rotatable bonds is 5. The zero-order valence-corrected chi connectivity index (χ0v) is 14.2. The Balaban J connectivity index is 1.32. The third-order valence-corrected chi connectivity index (χ3v) is 5.38. The minimum Gasteiger partial charge on any atom is -0.497 e. The van der Waals surface area contributed by atoms with Crippen molar-refractivity contribution in [2.45, 2.75) is 12.5 Å². The van der Waals surface area contributed by atoms with Crippen LogP contribution in [0.1, 0.15) is 17.0 Å². The number of likely N-dealkylation sites (tertiary alicyclic amines) is 1. The Hall–Kier alpha value is -2.53. The molecule has 2 aromatic carbocycles. The van der Waals surface area contributed by atoms with Crippen LogP contribution in [0.2, 0.25) is 0 Å². The molecule has 1 aliphatic carbocycles. The van der Waals surface area contributed by atoms with Crippen molar-refractivity contribution in [3.8, 4) is 5.75 Å². The summed E-state index contributed by atoms with van der Waals surface area (Å²) in [6.45, 7) is 3.26. The van der Waals surface area contributed by atoms with Gasteiger partial charge in [0.15, 0.2) is 0 Å². The molecule has 0 radical (unpaired) electrons. The van der Waals surface area contributed by atoms with E-state index >= 15 is 0 Å². The fraction of sp³-hybridized carbons (Fsp3) is 0.350. The van der Waals surface area contributed by atoms with E-state index < -0.39 is 6.09 Å². The summed E-state index contributed by atoms with van der Waals surface area (Å²) in [6.07, 6.45) is -1.02. The van der Waals surface area contributed by atoms with Gasteiger partial charge >= 0.3 is 6.09 Å². The lowest BCUT2D eigenvalue weighted by Gasteiger charge is -2.20. The number of ether oxygens (including phenoxy) is 1. The Kier molecular flexibility index (Phi) is 4.09. The number of carbonyl (C=O) groups is 1. The maximum atomic E-state index is 10.7. The third-order valence-electron chi connectivity index (χ3n) is 5.38. The monoisotopic (exact) mass is 338 g/mol. The van der Waals surface area contributed by atoms with Gasteiger partial charge < -0.3 is 9.84 Å². The number of fused-ring (bicyclic) bond motifs is 1. The van der Waals surface area contributed by atoms with Gasteiger partial charge in [-0.1, -0.05) is 24.3 Å². The molecule has 1 saturated heterocycles. The molecule has 25 heavy (non-hydrogen) atoms. The van der Waals surface area contributed by atoms with Gasteiger partial charge in [-0.3, -0.25) is 10.2 Å². The molecular weight excluding hydrogens is 316 g/mol. The number of hydrogen-bond donors (Lipinski definition) is 2. The molecular formula is C20H22N2O3. The van der Waals surface area contributed by atoms with E-state index in [4.69, 9.17) is 9.84 Å². The minimum absolute atomic E-state index is 0.628. The maximum Gasteiger partial charge on any atom is 0.409 e. The Morgan fingerprint density at radius 2 is 1.76 bits per heavy atom. The molecule has 5 nitrogen and oxygen atoms in total. The first-order chi connectivity index (χ1) is 12.1. The zero-order chi connectivity index (χ0) is 17.4. The quantitative estimate of drug-likeness (QED) is 0.874. The lowest BCUT2D eigenvalue weighted by Crippen LogP contribution is -2.23. The van der Waals surface area contributed by atoms with Gasteiger partial charge in [0.05, 0.1) is 7.11 Å². The third kappa shape index (κ3) is 3.33. The van der Waals surface area contributed by atoms with Crippen LogP contribution < -0.4 is 10.1 Å². The van der Waals surface area contributed by atoms with Crippen molar-refractivity contribution in [1.82, 2.24) is 4.90 Å². The van der Waals surface area contributed by atoms with Crippen molar-refractivity contribution in [1.29, 1.82) is 0 Å². The SMILES string of the molecule is COc1ccc(CN2C[C@@H]3C(c4ccc(NC(=O)O)cc4)[C@@H]3C2)cc1. The molecule has 0 bridgehead atoms. The molecule has 1 saturated carbocycles. The van der Waals surface area contributed by atoms with Crippen molar-refractivity contribution in [2.75, 3.05) is 25.5 Å². The largest absolute Gasteiger partial charge is 0.497 e. The molecule has 2 aromatic rings. The van der Waals surface area contributed by atoms with E-state index in [9.17, 15) is 4.79 Å². The summed E-state index contributed by atoms with van der Waals surface area (Å²) >= 11 is 0. The van der Waals surface area contributed by atoms with E-state index in [1.165, 1.54) is 11.1 Å². The average Bonchev–Trinajstić information content (AvgIpc) is 3.11. The number of nitrogens with zero attached hydrogens (tertiary/aromatic N) is 1. The predicted octanol–water partition coefficient (Wildman–Crippen LogP) is 3.63. The highest BCUT2D eigenvalue weighted by Gasteiger charge is 2.55. The molecule has 2 N–H and O–H groups in total. The predicted molar refractivity (Wildman–Crippen MR) is 96.1 cm³/mol. The van der Waals surface area contributed by atoms with Crippen LogP contribution in [0, 0.1) is 11.8 Å². The number of anilines is 1. The second kappa shape index (κ2) is 6.41. The van der Waals surface area contributed by atoms with Gasteiger partial charge in [-0.05, 0) is 53.1 Å². The van der Waals surface area contributed by atoms with Crippen LogP contribution in [0.5, 0.6) is 5.75 Å². The molecule has 130 valence electrons. The molecule has 1 aliphatic heterocycles. The number of nitrogens with one attached hydrogen (secondary N) is 1. The fourth-order valence-electron chi connectivity index (χ4n) is 4.14. The number of methoxy groups -OCH3 is 1. The molecule has 0 spiro atoms. The Morgan fingerprint density at radius 3 is 2.32 bits per heavy atom. The van der Waals surface area contributed by atoms with Crippen LogP contribution in [0.15, 0.2) is 48.5 Å². The second-order valence-corrected chi connectivity index (χ2v) is 6.95. The molecule has 4 rings (SSSR count). The summed E-state index contributed by atoms with van der Waals surface area (Å²) in [6, 6.07) is 16.1. The van der Waals surface area contributed by atoms with Crippen molar-refractivity contribution < 1.29 is 14.6 Å². The molecule has 1 heterocycles. The molecule has 2 fully saturated rings. The summed E-state index contributed by atoms with van der Waals surface area (Å²) in [5.74, 6) is 2.99. The fourth-order valence-corrected chi connectivity index (χ4v) is 4.14. The standard InChI is InChI=1S/C20H22N2O3/c1-25-16-8-2-13(3-9-16)10-22-11-17-18(12-22)19(17)14-4-6-15(7-5-14)21-20(23)24/h2-9,17-19,21H,10-12H2,1H3,(H,23,24)/t17-,18+,19?. The Bertz CT molecular complexity index is 746. The lowest BCUT2D eigenvalue weighted by molar-refractivity contribution is 0.209. The molecule has 3 atom stereocenters. The minimum atomic E-state index is -1.02. The molecule has 5 heteroatoms.